The zero-order chi connectivity index (χ0) is 43.3. The summed E-state index contributed by atoms with van der Waals surface area (Å²) >= 11 is 0. The number of carbonyl (C=O) groups excluding carboxylic acids is 1. The average Bonchev–Trinajstić information content (AvgIpc) is 4.19. The van der Waals surface area contributed by atoms with Gasteiger partial charge >= 0.3 is 0 Å². The first kappa shape index (κ1) is 37.1. The number of amides is 1. The van der Waals surface area contributed by atoms with E-state index in [0.29, 0.717) is 53.7 Å². The van der Waals surface area contributed by atoms with Gasteiger partial charge in [-0.05, 0) is 124 Å². The van der Waals surface area contributed by atoms with Gasteiger partial charge in [-0.2, -0.15) is 0 Å². The van der Waals surface area contributed by atoms with Crippen LogP contribution < -0.4 is 14.7 Å². The fourth-order valence-corrected chi connectivity index (χ4v) is 20.0. The van der Waals surface area contributed by atoms with Crippen molar-refractivity contribution in [2.45, 2.75) is 118 Å². The fourth-order valence-electron chi connectivity index (χ4n) is 20.0. The molecule has 3 aromatic carbocycles. The molecule has 6 saturated heterocycles. The van der Waals surface area contributed by atoms with Crippen LogP contribution in [0.25, 0.3) is 0 Å². The summed E-state index contributed by atoms with van der Waals surface area (Å²) in [5.41, 5.74) is 17.7. The van der Waals surface area contributed by atoms with Crippen molar-refractivity contribution in [3.63, 3.8) is 0 Å². The maximum absolute atomic E-state index is 16.1. The van der Waals surface area contributed by atoms with Crippen molar-refractivity contribution in [1.29, 1.82) is 0 Å². The van der Waals surface area contributed by atoms with Gasteiger partial charge in [-0.1, -0.05) is 95.6 Å². The lowest BCUT2D eigenvalue weighted by Crippen LogP contribution is -2.66. The van der Waals surface area contributed by atoms with Crippen LogP contribution in [0.15, 0.2) is 143 Å². The van der Waals surface area contributed by atoms with Crippen molar-refractivity contribution < 1.29 is 4.79 Å². The molecule has 0 aromatic heterocycles. The molecule has 1 amide bonds. The lowest BCUT2D eigenvalue weighted by Gasteiger charge is -2.57. The van der Waals surface area contributed by atoms with E-state index in [9.17, 15) is 0 Å². The highest BCUT2D eigenvalue weighted by atomic mass is 16.2. The summed E-state index contributed by atoms with van der Waals surface area (Å²) in [4.78, 5) is 32.8. The van der Waals surface area contributed by atoms with Gasteiger partial charge in [0.2, 0.25) is 0 Å². The van der Waals surface area contributed by atoms with Crippen LogP contribution in [-0.4, -0.2) is 95.6 Å². The first-order valence-electron chi connectivity index (χ1n) is 26.0. The normalized spacial score (nSPS) is 45.0. The van der Waals surface area contributed by atoms with Gasteiger partial charge in [0.25, 0.3) is 5.91 Å². The van der Waals surface area contributed by atoms with Gasteiger partial charge in [-0.25, -0.2) is 0 Å². The SMILES string of the molecule is C/C=C1/CN2CC[C@@]34c5ccccc5N5C(=O)C([C@H]6C[C@@]78c9ccccc9N9C=C%10[C@H]%11C[C@@H]%12N(CC[C@@]%12%13c%12ccccc%12N(C=C([C@H]%12C[C@@H]7N6C/C%12=C/C)[C@H]98)[C@@H]%10%13)C/C%11=C/C)=C[C@@H](C1CC23)[C@H]54. The van der Waals surface area contributed by atoms with Gasteiger partial charge in [0.05, 0.1) is 18.1 Å². The molecule has 2 unspecified atom stereocenters. The number of hydrogen-bond acceptors (Lipinski definition) is 6. The lowest BCUT2D eigenvalue weighted by atomic mass is 9.54. The minimum atomic E-state index is -0.161. The molecule has 7 heteroatoms. The second-order valence-electron chi connectivity index (χ2n) is 23.3. The number of benzene rings is 3. The van der Waals surface area contributed by atoms with Crippen molar-refractivity contribution >= 4 is 23.0 Å². The van der Waals surface area contributed by atoms with Crippen molar-refractivity contribution in [2.24, 2.45) is 23.7 Å². The molecule has 7 nitrogen and oxygen atoms in total. The molecular formula is C59H60N6O. The number of hydrogen-bond donors (Lipinski definition) is 0. The van der Waals surface area contributed by atoms with Gasteiger partial charge in [-0.15, -0.1) is 0 Å². The van der Waals surface area contributed by atoms with E-state index in [1.165, 1.54) is 54.0 Å². The van der Waals surface area contributed by atoms with Crippen LogP contribution in [0.5, 0.6) is 0 Å². The molecule has 9 fully saturated rings. The van der Waals surface area contributed by atoms with Crippen molar-refractivity contribution in [3.8, 4) is 0 Å². The Morgan fingerprint density at radius 3 is 1.82 bits per heavy atom. The highest BCUT2D eigenvalue weighted by Crippen LogP contribution is 2.70. The van der Waals surface area contributed by atoms with E-state index in [1.54, 1.807) is 33.4 Å². The lowest BCUT2D eigenvalue weighted by molar-refractivity contribution is -0.118. The van der Waals surface area contributed by atoms with Crippen molar-refractivity contribution in [3.05, 3.63) is 160 Å². The van der Waals surface area contributed by atoms with E-state index in [-0.39, 0.29) is 34.4 Å². The maximum Gasteiger partial charge on any atom is 0.255 e. The Bertz CT molecular complexity index is 2990. The molecule has 3 saturated carbocycles. The Kier molecular flexibility index (Phi) is 6.75. The molecule has 0 radical (unpaired) electrons. The number of para-hydroxylation sites is 3. The number of rotatable bonds is 1. The van der Waals surface area contributed by atoms with Crippen LogP contribution in [-0.2, 0) is 21.0 Å². The van der Waals surface area contributed by atoms with E-state index in [4.69, 9.17) is 0 Å². The molecule has 332 valence electrons. The van der Waals surface area contributed by atoms with Crippen molar-refractivity contribution in [2.75, 3.05) is 47.4 Å². The second kappa shape index (κ2) is 12.0. The highest BCUT2D eigenvalue weighted by Gasteiger charge is 2.74. The van der Waals surface area contributed by atoms with E-state index < -0.39 is 0 Å². The van der Waals surface area contributed by atoms with Crippen LogP contribution in [0.4, 0.5) is 17.1 Å². The Labute approximate surface area is 389 Å². The number of allylic oxidation sites excluding steroid dienone is 3. The quantitative estimate of drug-likeness (QED) is 0.228. The summed E-state index contributed by atoms with van der Waals surface area (Å²) in [5.74, 6) is 1.90. The van der Waals surface area contributed by atoms with Crippen LogP contribution in [0.2, 0.25) is 0 Å². The zero-order valence-electron chi connectivity index (χ0n) is 38.6. The van der Waals surface area contributed by atoms with E-state index in [2.05, 4.69) is 160 Å². The Morgan fingerprint density at radius 2 is 1.14 bits per heavy atom. The average molecular weight is 869 g/mol. The fraction of sp³-hybridized carbons (Fsp3) is 0.475. The Hall–Kier alpha value is -4.95. The van der Waals surface area contributed by atoms with E-state index in [1.807, 2.05) is 0 Å². The molecule has 3 aliphatic carbocycles. The molecule has 66 heavy (non-hydrogen) atoms. The number of carbonyl (C=O) groups is 1. The summed E-state index contributed by atoms with van der Waals surface area (Å²) in [6, 6.07) is 30.5. The molecule has 6 bridgehead atoms. The van der Waals surface area contributed by atoms with Crippen LogP contribution in [0, 0.1) is 23.7 Å². The molecule has 3 spiro atoms. The molecule has 14 atom stereocenters. The van der Waals surface area contributed by atoms with Gasteiger partial charge in [0, 0.05) is 113 Å². The third-order valence-corrected chi connectivity index (χ3v) is 22.0. The summed E-state index contributed by atoms with van der Waals surface area (Å²) < 4.78 is 0. The number of piperidine rings is 3. The first-order valence-corrected chi connectivity index (χ1v) is 26.0. The third-order valence-electron chi connectivity index (χ3n) is 22.0. The smallest absolute Gasteiger partial charge is 0.255 e. The third kappa shape index (κ3) is 3.79. The molecule has 11 heterocycles. The van der Waals surface area contributed by atoms with Gasteiger partial charge in [-0.3, -0.25) is 19.5 Å². The molecule has 17 rings (SSSR count). The molecule has 3 aromatic rings. The predicted octanol–water partition coefficient (Wildman–Crippen LogP) is 8.76. The first-order chi connectivity index (χ1) is 32.4. The molecule has 0 N–H and O–H groups in total. The minimum Gasteiger partial charge on any atom is -0.339 e. The summed E-state index contributed by atoms with van der Waals surface area (Å²) in [5, 5.41) is 0. The van der Waals surface area contributed by atoms with Gasteiger partial charge in [0.1, 0.15) is 0 Å². The maximum atomic E-state index is 16.1. The highest BCUT2D eigenvalue weighted by molar-refractivity contribution is 6.10. The van der Waals surface area contributed by atoms with E-state index in [0.717, 1.165) is 51.0 Å². The van der Waals surface area contributed by atoms with Gasteiger partial charge in [0.15, 0.2) is 0 Å². The van der Waals surface area contributed by atoms with Crippen LogP contribution >= 0.6 is 0 Å². The monoisotopic (exact) mass is 868 g/mol. The minimum absolute atomic E-state index is 0.0101. The molecular weight excluding hydrogens is 809 g/mol. The largest absolute Gasteiger partial charge is 0.339 e. The number of nitrogens with zero attached hydrogens (tertiary/aromatic N) is 6. The summed E-state index contributed by atoms with van der Waals surface area (Å²) in [6.07, 6.45) is 22.4. The molecule has 11 aliphatic heterocycles. The standard InChI is InChI=1S/C59H60N6O/c1-4-33-28-61-22-20-58-45-15-9-12-18-48(45)65-55(58)39(36(33)24-51(58)61)23-40(56(65)66)49-27-59-44-14-8-11-17-47(44)64-31-41-37-25-50-57(19-21-60(50)29-34(37)5-2)43-13-7-10-16-46(43)63(53(41)57)32-42(54(59)64)38-26-52(59)62(49)30-35(38)6-3/h4-18,23,31-32,36-39,49-55H,19-22,24-30H2,1-3H3/b33-4-,34-5-,35-6-,41-31?,42-32?/t36?,37-,38-,39-,49+,50-,51?,52-,53-,54-,55-,57+,58+,59+/m0/s1. The summed E-state index contributed by atoms with van der Waals surface area (Å²) in [6.45, 7) is 12.3. The zero-order valence-corrected chi connectivity index (χ0v) is 38.6. The van der Waals surface area contributed by atoms with Gasteiger partial charge < -0.3 is 14.7 Å². The number of fused-ring (bicyclic) bond motifs is 12. The van der Waals surface area contributed by atoms with Crippen molar-refractivity contribution in [1.82, 2.24) is 14.7 Å². The molecule has 14 aliphatic rings. The predicted molar refractivity (Wildman–Crippen MR) is 260 cm³/mol. The Balaban J connectivity index is 0.885. The Morgan fingerprint density at radius 1 is 0.591 bits per heavy atom. The van der Waals surface area contributed by atoms with Crippen LogP contribution in [0.3, 0.4) is 0 Å². The second-order valence-corrected chi connectivity index (χ2v) is 23.3. The topological polar surface area (TPSA) is 36.5 Å². The van der Waals surface area contributed by atoms with E-state index >= 15 is 4.79 Å². The van der Waals surface area contributed by atoms with Crippen LogP contribution in [0.1, 0.15) is 76.0 Å². The number of anilines is 3. The summed E-state index contributed by atoms with van der Waals surface area (Å²) in [7, 11) is 0.